The Morgan fingerprint density at radius 2 is 1.88 bits per heavy atom. The minimum absolute atomic E-state index is 0.141. The lowest BCUT2D eigenvalue weighted by atomic mass is 9.73. The molecule has 0 aromatic heterocycles. The van der Waals surface area contributed by atoms with E-state index in [0.29, 0.717) is 11.3 Å². The van der Waals surface area contributed by atoms with Crippen molar-refractivity contribution in [2.45, 2.75) is 39.2 Å². The first-order valence-electron chi connectivity index (χ1n) is 6.58. The molecule has 16 heavy (non-hydrogen) atoms. The molecule has 3 heteroatoms. The highest BCUT2D eigenvalue weighted by Gasteiger charge is 2.43. The molecule has 2 rings (SSSR count). The fraction of sp³-hybridized carbons (Fsp3) is 1.00. The van der Waals surface area contributed by atoms with Crippen LogP contribution in [0.1, 0.15) is 33.1 Å². The Balaban J connectivity index is 1.67. The van der Waals surface area contributed by atoms with Crippen molar-refractivity contribution >= 4 is 0 Å². The van der Waals surface area contributed by atoms with Crippen molar-refractivity contribution in [2.24, 2.45) is 11.3 Å². The topological polar surface area (TPSA) is 32.7 Å². The van der Waals surface area contributed by atoms with E-state index in [2.05, 4.69) is 18.7 Å². The van der Waals surface area contributed by atoms with Crippen LogP contribution in [-0.2, 0) is 4.74 Å². The van der Waals surface area contributed by atoms with E-state index in [1.807, 2.05) is 0 Å². The van der Waals surface area contributed by atoms with E-state index < -0.39 is 0 Å². The van der Waals surface area contributed by atoms with Crippen molar-refractivity contribution in [3.05, 3.63) is 0 Å². The summed E-state index contributed by atoms with van der Waals surface area (Å²) in [6, 6.07) is 0. The molecule has 0 bridgehead atoms. The van der Waals surface area contributed by atoms with Gasteiger partial charge in [0.1, 0.15) is 0 Å². The van der Waals surface area contributed by atoms with Gasteiger partial charge in [0.2, 0.25) is 0 Å². The molecule has 2 fully saturated rings. The summed E-state index contributed by atoms with van der Waals surface area (Å²) in [5.74, 6) is 0.591. The zero-order valence-corrected chi connectivity index (χ0v) is 10.6. The molecule has 0 aliphatic carbocycles. The number of likely N-dealkylation sites (tertiary alicyclic amines) is 1. The van der Waals surface area contributed by atoms with Crippen molar-refractivity contribution in [2.75, 3.05) is 32.8 Å². The van der Waals surface area contributed by atoms with E-state index in [-0.39, 0.29) is 6.10 Å². The largest absolute Gasteiger partial charge is 0.392 e. The van der Waals surface area contributed by atoms with E-state index >= 15 is 0 Å². The average molecular weight is 227 g/mol. The first kappa shape index (κ1) is 12.3. The number of β-amino-alcohol motifs (C(OH)–C–C–N with tert-alkyl or cyclic N) is 1. The fourth-order valence-electron chi connectivity index (χ4n) is 3.07. The lowest BCUT2D eigenvalue weighted by Gasteiger charge is -2.52. The Morgan fingerprint density at radius 3 is 2.44 bits per heavy atom. The van der Waals surface area contributed by atoms with Gasteiger partial charge in [-0.1, -0.05) is 13.8 Å². The Kier molecular flexibility index (Phi) is 3.88. The zero-order valence-electron chi connectivity index (χ0n) is 10.6. The summed E-state index contributed by atoms with van der Waals surface area (Å²) in [7, 11) is 0. The average Bonchev–Trinajstić information content (AvgIpc) is 2.15. The van der Waals surface area contributed by atoms with E-state index in [4.69, 9.17) is 4.74 Å². The third-order valence-corrected chi connectivity index (χ3v) is 3.88. The molecule has 2 heterocycles. The minimum atomic E-state index is -0.141. The highest BCUT2D eigenvalue weighted by Crippen LogP contribution is 2.39. The SMILES string of the molecule is CC(C)CC(O)CN1CC2(CCOCC2)C1. The van der Waals surface area contributed by atoms with Gasteiger partial charge in [0.15, 0.2) is 0 Å². The summed E-state index contributed by atoms with van der Waals surface area (Å²) in [4.78, 5) is 2.40. The summed E-state index contributed by atoms with van der Waals surface area (Å²) in [6.45, 7) is 9.40. The quantitative estimate of drug-likeness (QED) is 0.790. The lowest BCUT2D eigenvalue weighted by molar-refractivity contribution is -0.0923. The normalized spacial score (nSPS) is 27.0. The van der Waals surface area contributed by atoms with E-state index in [9.17, 15) is 5.11 Å². The Bertz CT molecular complexity index is 216. The summed E-state index contributed by atoms with van der Waals surface area (Å²) < 4.78 is 5.40. The van der Waals surface area contributed by atoms with Gasteiger partial charge in [0.05, 0.1) is 6.10 Å². The highest BCUT2D eigenvalue weighted by atomic mass is 16.5. The number of rotatable bonds is 4. The van der Waals surface area contributed by atoms with Crippen molar-refractivity contribution in [3.8, 4) is 0 Å². The van der Waals surface area contributed by atoms with Gasteiger partial charge >= 0.3 is 0 Å². The van der Waals surface area contributed by atoms with Gasteiger partial charge in [-0.3, -0.25) is 4.90 Å². The second-order valence-electron chi connectivity index (χ2n) is 6.07. The first-order valence-corrected chi connectivity index (χ1v) is 6.58. The lowest BCUT2D eigenvalue weighted by Crippen LogP contribution is -2.59. The van der Waals surface area contributed by atoms with Crippen LogP contribution in [0.2, 0.25) is 0 Å². The van der Waals surface area contributed by atoms with Crippen LogP contribution in [0.3, 0.4) is 0 Å². The maximum atomic E-state index is 9.88. The maximum absolute atomic E-state index is 9.88. The molecule has 2 saturated heterocycles. The molecule has 0 amide bonds. The zero-order chi connectivity index (χ0) is 11.6. The minimum Gasteiger partial charge on any atom is -0.392 e. The van der Waals surface area contributed by atoms with Gasteiger partial charge < -0.3 is 9.84 Å². The van der Waals surface area contributed by atoms with Gasteiger partial charge in [-0.2, -0.15) is 0 Å². The van der Waals surface area contributed by atoms with Crippen molar-refractivity contribution in [1.29, 1.82) is 0 Å². The second-order valence-corrected chi connectivity index (χ2v) is 6.07. The van der Waals surface area contributed by atoms with Crippen LogP contribution >= 0.6 is 0 Å². The molecule has 0 radical (unpaired) electrons. The Morgan fingerprint density at radius 1 is 1.25 bits per heavy atom. The van der Waals surface area contributed by atoms with Crippen molar-refractivity contribution in [1.82, 2.24) is 4.90 Å². The van der Waals surface area contributed by atoms with Crippen LogP contribution in [0.5, 0.6) is 0 Å². The second kappa shape index (κ2) is 5.03. The summed E-state index contributed by atoms with van der Waals surface area (Å²) in [5, 5.41) is 9.88. The summed E-state index contributed by atoms with van der Waals surface area (Å²) in [6.07, 6.45) is 3.21. The molecule has 1 spiro atoms. The predicted molar refractivity (Wildman–Crippen MR) is 64.4 cm³/mol. The van der Waals surface area contributed by atoms with Crippen LogP contribution in [0.15, 0.2) is 0 Å². The van der Waals surface area contributed by atoms with Crippen LogP contribution < -0.4 is 0 Å². The van der Waals surface area contributed by atoms with Gasteiger partial charge in [0.25, 0.3) is 0 Å². The smallest absolute Gasteiger partial charge is 0.0669 e. The Hall–Kier alpha value is -0.120. The van der Waals surface area contributed by atoms with Gasteiger partial charge in [0, 0.05) is 38.3 Å². The summed E-state index contributed by atoms with van der Waals surface area (Å²) in [5.41, 5.74) is 0.538. The van der Waals surface area contributed by atoms with Gasteiger partial charge in [-0.05, 0) is 25.2 Å². The number of hydrogen-bond donors (Lipinski definition) is 1. The Labute approximate surface area is 98.8 Å². The summed E-state index contributed by atoms with van der Waals surface area (Å²) >= 11 is 0. The standard InChI is InChI=1S/C13H25NO2/c1-11(2)7-12(15)8-14-9-13(10-14)3-5-16-6-4-13/h11-12,15H,3-10H2,1-2H3. The van der Waals surface area contributed by atoms with Crippen LogP contribution in [0.25, 0.3) is 0 Å². The van der Waals surface area contributed by atoms with Gasteiger partial charge in [-0.25, -0.2) is 0 Å². The predicted octanol–water partition coefficient (Wildman–Crippen LogP) is 1.51. The van der Waals surface area contributed by atoms with Gasteiger partial charge in [-0.15, -0.1) is 0 Å². The fourth-order valence-corrected chi connectivity index (χ4v) is 3.07. The van der Waals surface area contributed by atoms with Crippen LogP contribution in [0, 0.1) is 11.3 Å². The number of ether oxygens (including phenoxy) is 1. The molecule has 1 N–H and O–H groups in total. The highest BCUT2D eigenvalue weighted by molar-refractivity contribution is 4.96. The van der Waals surface area contributed by atoms with E-state index in [0.717, 1.165) is 26.2 Å². The van der Waals surface area contributed by atoms with Crippen LogP contribution in [0.4, 0.5) is 0 Å². The third-order valence-electron chi connectivity index (χ3n) is 3.88. The molecular formula is C13H25NO2. The van der Waals surface area contributed by atoms with Crippen molar-refractivity contribution in [3.63, 3.8) is 0 Å². The maximum Gasteiger partial charge on any atom is 0.0669 e. The van der Waals surface area contributed by atoms with Crippen LogP contribution in [-0.4, -0.2) is 49.0 Å². The molecule has 1 unspecified atom stereocenters. The number of aliphatic hydroxyl groups is 1. The first-order chi connectivity index (χ1) is 7.60. The number of hydrogen-bond acceptors (Lipinski definition) is 3. The van der Waals surface area contributed by atoms with E-state index in [1.54, 1.807) is 0 Å². The van der Waals surface area contributed by atoms with E-state index in [1.165, 1.54) is 25.9 Å². The van der Waals surface area contributed by atoms with Crippen molar-refractivity contribution < 1.29 is 9.84 Å². The molecule has 2 aliphatic heterocycles. The molecule has 2 aliphatic rings. The number of aliphatic hydroxyl groups excluding tert-OH is 1. The molecule has 0 aromatic carbocycles. The molecule has 0 saturated carbocycles. The molecule has 94 valence electrons. The molecular weight excluding hydrogens is 202 g/mol. The molecule has 0 aromatic rings. The number of nitrogens with zero attached hydrogens (tertiary/aromatic N) is 1. The molecule has 1 atom stereocenters. The monoisotopic (exact) mass is 227 g/mol. The molecule has 3 nitrogen and oxygen atoms in total. The third kappa shape index (κ3) is 2.96.